The summed E-state index contributed by atoms with van der Waals surface area (Å²) < 4.78 is 34.5. The first-order valence-corrected chi connectivity index (χ1v) is 8.92. The fourth-order valence-electron chi connectivity index (χ4n) is 0. The summed E-state index contributed by atoms with van der Waals surface area (Å²) in [5, 5.41) is 0. The van der Waals surface area contributed by atoms with Crippen LogP contribution in [0.25, 0.3) is 0 Å². The molecule has 0 unspecified atom stereocenters. The number of phosphoric acid groups is 4. The predicted octanol–water partition coefficient (Wildman–Crippen LogP) is -10.1. The minimum Gasteiger partial charge on any atom is -0.822 e. The summed E-state index contributed by atoms with van der Waals surface area (Å²) in [5.74, 6) is 0. The van der Waals surface area contributed by atoms with Gasteiger partial charge in [0, 0.05) is 0 Å². The fraction of sp³-hybridized carbons (Fsp3) is 0. The molecule has 0 amide bonds. The Morgan fingerprint density at radius 2 is 0.423 bits per heavy atom. The molecule has 19 nitrogen and oxygen atoms in total. The first kappa shape index (κ1) is 63.0. The van der Waals surface area contributed by atoms with E-state index < -0.39 is 31.3 Å². The summed E-state index contributed by atoms with van der Waals surface area (Å²) in [4.78, 5) is 98.5. The molecule has 0 spiro atoms. The number of rotatable bonds is 0. The Labute approximate surface area is 178 Å². The smallest absolute Gasteiger partial charge is 0.822 e. The predicted molar refractivity (Wildman–Crippen MR) is 69.4 cm³/mol. The van der Waals surface area contributed by atoms with Gasteiger partial charge >= 0.3 is 59.9 Å². The van der Waals surface area contributed by atoms with Crippen LogP contribution in [0.5, 0.6) is 0 Å². The Hall–Kier alpha value is 1.92. The van der Waals surface area contributed by atoms with Gasteiger partial charge in [0.1, 0.15) is 0 Å². The van der Waals surface area contributed by atoms with Crippen molar-refractivity contribution in [2.45, 2.75) is 0 Å². The molecule has 12 N–H and O–H groups in total. The Morgan fingerprint density at radius 3 is 0.423 bits per heavy atom. The average molecular weight is 515 g/mol. The SMILES string of the molecule is N.N.N.O=P(O)(O)O.O=P([O-])([O-])[O-].O=P([O-])([O-])[O-].O=P([O-])([O-])[O-].[Al+3].[Al+3].[Al+3]. The monoisotopic (exact) mass is 515 g/mol. The Bertz CT molecular complexity index is 305. The topological polar surface area (TPSA) is 442 Å². The van der Waals surface area contributed by atoms with Crippen LogP contribution in [0.4, 0.5) is 0 Å². The van der Waals surface area contributed by atoms with Crippen LogP contribution < -0.4 is 62.5 Å². The van der Waals surface area contributed by atoms with Crippen LogP contribution in [0, 0.1) is 0 Å². The molecule has 26 heteroatoms. The van der Waals surface area contributed by atoms with Gasteiger partial charge in [-0.15, -0.1) is 0 Å². The molecule has 0 aliphatic carbocycles. The van der Waals surface area contributed by atoms with Crippen LogP contribution in [-0.4, -0.2) is 66.8 Å². The van der Waals surface area contributed by atoms with Crippen molar-refractivity contribution < 1.29 is 77.0 Å². The van der Waals surface area contributed by atoms with Crippen molar-refractivity contribution in [2.75, 3.05) is 0 Å². The van der Waals surface area contributed by atoms with Gasteiger partial charge in [-0.05, 0) is 0 Å². The maximum Gasteiger partial charge on any atom is 3.00 e. The molecule has 152 valence electrons. The van der Waals surface area contributed by atoms with Crippen LogP contribution in [-0.2, 0) is 18.3 Å². The normalized spacial score (nSPS) is 9.08. The molecule has 0 rings (SSSR count). The van der Waals surface area contributed by atoms with Gasteiger partial charge in [-0.2, -0.15) is 23.5 Å². The third-order valence-electron chi connectivity index (χ3n) is 0. The van der Waals surface area contributed by atoms with E-state index in [9.17, 15) is 0 Å². The van der Waals surface area contributed by atoms with Crippen molar-refractivity contribution in [2.24, 2.45) is 0 Å². The molecule has 0 aliphatic rings. The van der Waals surface area contributed by atoms with Crippen LogP contribution in [0.2, 0.25) is 0 Å². The molecule has 0 atom stereocenters. The molecule has 0 saturated heterocycles. The van der Waals surface area contributed by atoms with Gasteiger partial charge in [-0.1, -0.05) is 0 Å². The van der Waals surface area contributed by atoms with Crippen LogP contribution in [0.3, 0.4) is 0 Å². The van der Waals surface area contributed by atoms with E-state index in [2.05, 4.69) is 0 Å². The zero-order chi connectivity index (χ0) is 18.0. The quantitative estimate of drug-likeness (QED) is 0.129. The molecule has 0 saturated carbocycles. The molecule has 0 radical (unpaired) electrons. The molecule has 0 aromatic rings. The average Bonchev–Trinajstić information content (AvgIpc) is 1.62. The van der Waals surface area contributed by atoms with Crippen LogP contribution in [0.1, 0.15) is 0 Å². The minimum absolute atomic E-state index is 0. The second-order valence-electron chi connectivity index (χ2n) is 1.85. The summed E-state index contributed by atoms with van der Waals surface area (Å²) in [6, 6.07) is 0. The van der Waals surface area contributed by atoms with Crippen LogP contribution in [0.15, 0.2) is 0 Å². The molecule has 0 heterocycles. The van der Waals surface area contributed by atoms with E-state index >= 15 is 0 Å². The van der Waals surface area contributed by atoms with Gasteiger partial charge in [0.2, 0.25) is 0 Å². The number of hydrogen-bond donors (Lipinski definition) is 6. The molecule has 0 aliphatic heterocycles. The van der Waals surface area contributed by atoms with Gasteiger partial charge in [-0.25, -0.2) is 4.57 Å². The Balaban J connectivity index is -0.0000000152. The van der Waals surface area contributed by atoms with Crippen molar-refractivity contribution >= 4 is 83.4 Å². The number of hydrogen-bond acceptors (Lipinski definition) is 16. The van der Waals surface area contributed by atoms with E-state index in [-0.39, 0.29) is 70.5 Å². The largest absolute Gasteiger partial charge is 3.00 e. The third-order valence-corrected chi connectivity index (χ3v) is 0. The summed E-state index contributed by atoms with van der Waals surface area (Å²) >= 11 is 0. The summed E-state index contributed by atoms with van der Waals surface area (Å²) in [6.45, 7) is 0. The van der Waals surface area contributed by atoms with Gasteiger partial charge in [-0.3, -0.25) is 0 Å². The second-order valence-corrected chi connectivity index (χ2v) is 5.56. The minimum atomic E-state index is -5.39. The van der Waals surface area contributed by atoms with E-state index in [0.29, 0.717) is 0 Å². The summed E-state index contributed by atoms with van der Waals surface area (Å²) in [7, 11) is -20.8. The van der Waals surface area contributed by atoms with Crippen molar-refractivity contribution in [1.29, 1.82) is 0 Å². The molecular formula is H12Al3N3O16P4. The van der Waals surface area contributed by atoms with Crippen molar-refractivity contribution in [3.8, 4) is 0 Å². The van der Waals surface area contributed by atoms with Crippen molar-refractivity contribution in [3.63, 3.8) is 0 Å². The standard InChI is InChI=1S/3Al.3H3N.4H3O4P/c;;;;;;4*1-5(2,3)4/h;;;3*1H3;4*(H3,1,2,3,4)/q3*+3;;;;;;;/p-9. The molecule has 0 aromatic heterocycles. The first-order valence-electron chi connectivity index (χ1n) is 2.97. The van der Waals surface area contributed by atoms with E-state index in [0.717, 1.165) is 0 Å². The Kier molecular flexibility index (Phi) is 65.2. The first-order chi connectivity index (χ1) is 8.00. The van der Waals surface area contributed by atoms with Gasteiger partial charge in [0.05, 0.1) is 0 Å². The fourth-order valence-corrected chi connectivity index (χ4v) is 0. The van der Waals surface area contributed by atoms with Crippen LogP contribution >= 0.6 is 31.3 Å². The van der Waals surface area contributed by atoms with Crippen molar-refractivity contribution in [3.05, 3.63) is 0 Å². The molecule has 26 heavy (non-hydrogen) atoms. The van der Waals surface area contributed by atoms with Gasteiger partial charge in [0.25, 0.3) is 0 Å². The summed E-state index contributed by atoms with van der Waals surface area (Å²) in [6.07, 6.45) is 0. The van der Waals surface area contributed by atoms with Crippen molar-refractivity contribution in [1.82, 2.24) is 18.5 Å². The molecule has 0 bridgehead atoms. The third kappa shape index (κ3) is 4380. The van der Waals surface area contributed by atoms with E-state index in [1.54, 1.807) is 0 Å². The molecule has 0 aromatic carbocycles. The Morgan fingerprint density at radius 1 is 0.423 bits per heavy atom. The molecule has 0 fully saturated rings. The van der Waals surface area contributed by atoms with E-state index in [4.69, 9.17) is 77.0 Å². The van der Waals surface area contributed by atoms with Gasteiger partial charge < -0.3 is 90.9 Å². The maximum absolute atomic E-state index is 8.88. The van der Waals surface area contributed by atoms with E-state index in [1.165, 1.54) is 0 Å². The zero-order valence-electron chi connectivity index (χ0n) is 12.3. The van der Waals surface area contributed by atoms with E-state index in [1.807, 2.05) is 0 Å². The maximum atomic E-state index is 8.88. The molecular weight excluding hydrogens is 503 g/mol. The zero-order valence-corrected chi connectivity index (χ0v) is 19.3. The summed E-state index contributed by atoms with van der Waals surface area (Å²) in [5.41, 5.74) is 0. The second kappa shape index (κ2) is 26.9. The van der Waals surface area contributed by atoms with Gasteiger partial charge in [0.15, 0.2) is 0 Å².